The number of fused-ring (bicyclic) bond motifs is 1. The van der Waals surface area contributed by atoms with Crippen LogP contribution in [-0.2, 0) is 4.79 Å². The van der Waals surface area contributed by atoms with Gasteiger partial charge >= 0.3 is 6.18 Å². The van der Waals surface area contributed by atoms with E-state index < -0.39 is 48.8 Å². The Hall–Kier alpha value is -3.85. The summed E-state index contributed by atoms with van der Waals surface area (Å²) in [5, 5.41) is 17.3. The topological polar surface area (TPSA) is 137 Å². The minimum Gasteiger partial charge on any atom is -0.470 e. The van der Waals surface area contributed by atoms with Crippen LogP contribution in [0.4, 0.5) is 22.0 Å². The van der Waals surface area contributed by atoms with Crippen molar-refractivity contribution in [2.24, 2.45) is 11.8 Å². The van der Waals surface area contributed by atoms with Gasteiger partial charge in [0.15, 0.2) is 5.65 Å². The second-order valence-electron chi connectivity index (χ2n) is 11.6. The van der Waals surface area contributed by atoms with E-state index in [9.17, 15) is 31.5 Å². The van der Waals surface area contributed by atoms with E-state index in [1.54, 1.807) is 12.3 Å². The second kappa shape index (κ2) is 11.3. The highest BCUT2D eigenvalue weighted by Crippen LogP contribution is 2.43. The van der Waals surface area contributed by atoms with Gasteiger partial charge in [0.05, 0.1) is 36.6 Å². The number of amides is 2. The molecule has 3 aromatic rings. The van der Waals surface area contributed by atoms with Crippen LogP contribution in [0, 0.1) is 11.8 Å². The van der Waals surface area contributed by atoms with E-state index in [0.717, 1.165) is 25.7 Å². The van der Waals surface area contributed by atoms with Crippen LogP contribution in [0.15, 0.2) is 23.1 Å². The minimum absolute atomic E-state index is 0.0429. The summed E-state index contributed by atoms with van der Waals surface area (Å²) in [6, 6.07) is 0.375. The molecule has 232 valence electrons. The Morgan fingerprint density at radius 3 is 2.44 bits per heavy atom. The van der Waals surface area contributed by atoms with Gasteiger partial charge in [-0.3, -0.25) is 9.59 Å². The maximum atomic E-state index is 14.0. The molecule has 0 saturated heterocycles. The van der Waals surface area contributed by atoms with Gasteiger partial charge < -0.3 is 15.4 Å². The molecule has 3 aliphatic carbocycles. The van der Waals surface area contributed by atoms with E-state index in [0.29, 0.717) is 16.9 Å². The van der Waals surface area contributed by atoms with Gasteiger partial charge in [0, 0.05) is 19.3 Å². The van der Waals surface area contributed by atoms with Crippen LogP contribution in [0.3, 0.4) is 0 Å². The third-order valence-corrected chi connectivity index (χ3v) is 8.08. The zero-order valence-electron chi connectivity index (χ0n) is 22.9. The molecule has 2 atom stereocenters. The second-order valence-corrected chi connectivity index (χ2v) is 11.6. The molecule has 3 saturated carbocycles. The van der Waals surface area contributed by atoms with Crippen molar-refractivity contribution in [3.05, 3.63) is 35.4 Å². The number of imidazole rings is 1. The van der Waals surface area contributed by atoms with Crippen LogP contribution in [0.5, 0.6) is 5.88 Å². The van der Waals surface area contributed by atoms with Crippen molar-refractivity contribution in [1.29, 1.82) is 0 Å². The average molecular weight is 612 g/mol. The molecular formula is C27H30F5N7O4. The Balaban J connectivity index is 1.24. The van der Waals surface area contributed by atoms with E-state index in [1.807, 2.05) is 0 Å². The standard InChI is InChI=1S/C27H30F5N7O4/c28-26(29)8-5-15(6-9-26)22(36-24(41)23-25(38-43-37-23)42-17-3-4-17)18-13-39-19(34-18)11-16(12-33-39)21(14-1-2-14)35-20(40)7-10-27(30,31)32/h11-15,17,21-22H,1-10H2,(H,35,40)(H,36,41)/t21-,22+/m1/s1. The molecular weight excluding hydrogens is 581 g/mol. The predicted molar refractivity (Wildman–Crippen MR) is 137 cm³/mol. The smallest absolute Gasteiger partial charge is 0.389 e. The highest BCUT2D eigenvalue weighted by atomic mass is 19.4. The van der Waals surface area contributed by atoms with E-state index >= 15 is 0 Å². The minimum atomic E-state index is -4.44. The Bertz CT molecular complexity index is 1470. The van der Waals surface area contributed by atoms with Gasteiger partial charge in [-0.25, -0.2) is 22.9 Å². The lowest BCUT2D eigenvalue weighted by Gasteiger charge is -2.33. The lowest BCUT2D eigenvalue weighted by Crippen LogP contribution is -2.37. The number of carbonyl (C=O) groups excluding carboxylic acids is 2. The number of aromatic nitrogens is 5. The van der Waals surface area contributed by atoms with Gasteiger partial charge in [0.25, 0.3) is 11.8 Å². The third kappa shape index (κ3) is 7.21. The highest BCUT2D eigenvalue weighted by molar-refractivity contribution is 5.94. The molecule has 2 N–H and O–H groups in total. The quantitative estimate of drug-likeness (QED) is 0.294. The Morgan fingerprint density at radius 2 is 1.77 bits per heavy atom. The first-order valence-corrected chi connectivity index (χ1v) is 14.3. The van der Waals surface area contributed by atoms with Crippen LogP contribution in [0.25, 0.3) is 5.65 Å². The Morgan fingerprint density at radius 1 is 1.05 bits per heavy atom. The van der Waals surface area contributed by atoms with Crippen LogP contribution in [0.1, 0.15) is 98.0 Å². The molecule has 0 radical (unpaired) electrons. The molecule has 0 bridgehead atoms. The summed E-state index contributed by atoms with van der Waals surface area (Å²) in [6.45, 7) is 0. The summed E-state index contributed by atoms with van der Waals surface area (Å²) in [5.74, 6) is -4.49. The summed E-state index contributed by atoms with van der Waals surface area (Å²) < 4.78 is 77.6. The average Bonchev–Trinajstić information content (AvgIpc) is 3.87. The number of carbonyl (C=O) groups is 2. The van der Waals surface area contributed by atoms with Crippen LogP contribution >= 0.6 is 0 Å². The van der Waals surface area contributed by atoms with Crippen LogP contribution in [-0.4, -0.2) is 54.9 Å². The SMILES string of the molecule is O=C(CCC(F)(F)F)N[C@@H](c1cnn2cc([C@@H](NC(=O)c3nonc3OC3CC3)C3CCC(F)(F)CC3)nc2c1)C1CC1. The Kier molecular flexibility index (Phi) is 7.71. The molecule has 11 nitrogen and oxygen atoms in total. The van der Waals surface area contributed by atoms with Gasteiger partial charge in [0.2, 0.25) is 17.5 Å². The Labute approximate surface area is 241 Å². The first-order valence-electron chi connectivity index (χ1n) is 14.3. The molecule has 6 rings (SSSR count). The lowest BCUT2D eigenvalue weighted by molar-refractivity contribution is -0.144. The molecule has 16 heteroatoms. The molecule has 0 spiro atoms. The van der Waals surface area contributed by atoms with Gasteiger partial charge in [-0.2, -0.15) is 18.3 Å². The zero-order valence-corrected chi connectivity index (χ0v) is 22.9. The van der Waals surface area contributed by atoms with Crippen LogP contribution < -0.4 is 15.4 Å². The number of hydrogen-bond donors (Lipinski definition) is 2. The predicted octanol–water partition coefficient (Wildman–Crippen LogP) is 4.86. The summed E-state index contributed by atoms with van der Waals surface area (Å²) in [6.07, 6.45) is -0.421. The molecule has 3 aliphatic rings. The van der Waals surface area contributed by atoms with Crippen molar-refractivity contribution < 1.29 is 40.9 Å². The number of nitrogens with one attached hydrogen (secondary N) is 2. The summed E-state index contributed by atoms with van der Waals surface area (Å²) in [7, 11) is 0. The molecule has 3 heterocycles. The lowest BCUT2D eigenvalue weighted by atomic mass is 9.81. The number of ether oxygens (including phenoxy) is 1. The number of halogens is 5. The normalized spacial score (nSPS) is 20.5. The summed E-state index contributed by atoms with van der Waals surface area (Å²) >= 11 is 0. The number of hydrogen-bond acceptors (Lipinski definition) is 8. The third-order valence-electron chi connectivity index (χ3n) is 8.08. The first kappa shape index (κ1) is 29.2. The fraction of sp³-hybridized carbons (Fsp3) is 0.630. The van der Waals surface area contributed by atoms with Gasteiger partial charge in [-0.05, 0) is 72.3 Å². The number of nitrogens with zero attached hydrogens (tertiary/aromatic N) is 5. The molecule has 0 aromatic carbocycles. The van der Waals surface area contributed by atoms with E-state index in [-0.39, 0.29) is 55.2 Å². The fourth-order valence-electron chi connectivity index (χ4n) is 5.41. The summed E-state index contributed by atoms with van der Waals surface area (Å²) in [5.41, 5.74) is 1.17. The molecule has 0 aliphatic heterocycles. The van der Waals surface area contributed by atoms with Crippen LogP contribution in [0.2, 0.25) is 0 Å². The van der Waals surface area contributed by atoms with Gasteiger partial charge in [0.1, 0.15) is 6.10 Å². The van der Waals surface area contributed by atoms with Crippen molar-refractivity contribution in [1.82, 2.24) is 35.5 Å². The number of rotatable bonds is 11. The molecule has 3 aromatic heterocycles. The van der Waals surface area contributed by atoms with E-state index in [1.165, 1.54) is 10.7 Å². The maximum absolute atomic E-state index is 14.0. The van der Waals surface area contributed by atoms with Crippen molar-refractivity contribution >= 4 is 17.5 Å². The molecule has 2 amide bonds. The van der Waals surface area contributed by atoms with Gasteiger partial charge in [-0.15, -0.1) is 0 Å². The zero-order chi connectivity index (χ0) is 30.4. The maximum Gasteiger partial charge on any atom is 0.389 e. The highest BCUT2D eigenvalue weighted by Gasteiger charge is 2.40. The number of alkyl halides is 5. The molecule has 0 unspecified atom stereocenters. The van der Waals surface area contributed by atoms with Crippen molar-refractivity contribution in [3.8, 4) is 5.88 Å². The first-order chi connectivity index (χ1) is 20.4. The fourth-order valence-corrected chi connectivity index (χ4v) is 5.41. The van der Waals surface area contributed by atoms with Crippen molar-refractivity contribution in [2.75, 3.05) is 0 Å². The van der Waals surface area contributed by atoms with E-state index in [2.05, 4.69) is 31.0 Å². The van der Waals surface area contributed by atoms with Crippen molar-refractivity contribution in [2.45, 2.75) is 94.5 Å². The molecule has 43 heavy (non-hydrogen) atoms. The van der Waals surface area contributed by atoms with E-state index in [4.69, 9.17) is 9.37 Å². The molecule has 3 fully saturated rings. The monoisotopic (exact) mass is 611 g/mol. The van der Waals surface area contributed by atoms with Crippen molar-refractivity contribution in [3.63, 3.8) is 0 Å². The largest absolute Gasteiger partial charge is 0.470 e. The van der Waals surface area contributed by atoms with Gasteiger partial charge in [-0.1, -0.05) is 0 Å². The summed E-state index contributed by atoms with van der Waals surface area (Å²) in [4.78, 5) is 30.2.